The summed E-state index contributed by atoms with van der Waals surface area (Å²) >= 11 is 1.54. The van der Waals surface area contributed by atoms with E-state index in [1.807, 2.05) is 44.2 Å². The SMILES string of the molecule is COC(=O)C[C@@H]1C(=O)N2[C@@H]1SC(C)(C)[C@@H]2C(=O)OCc1ccccc1. The summed E-state index contributed by atoms with van der Waals surface area (Å²) in [6, 6.07) is 8.77. The van der Waals surface area contributed by atoms with E-state index in [2.05, 4.69) is 4.74 Å². The zero-order valence-electron chi connectivity index (χ0n) is 14.4. The monoisotopic (exact) mass is 363 g/mol. The molecule has 25 heavy (non-hydrogen) atoms. The minimum atomic E-state index is -0.646. The van der Waals surface area contributed by atoms with Gasteiger partial charge in [-0.25, -0.2) is 4.79 Å². The first kappa shape index (κ1) is 17.8. The van der Waals surface area contributed by atoms with E-state index in [9.17, 15) is 14.4 Å². The lowest BCUT2D eigenvalue weighted by Gasteiger charge is -2.43. The fourth-order valence-corrected chi connectivity index (χ4v) is 5.01. The highest BCUT2D eigenvalue weighted by atomic mass is 32.2. The molecule has 2 aliphatic rings. The van der Waals surface area contributed by atoms with Gasteiger partial charge in [0.15, 0.2) is 0 Å². The number of fused-ring (bicyclic) bond motifs is 1. The van der Waals surface area contributed by atoms with E-state index in [4.69, 9.17) is 4.74 Å². The molecule has 0 aliphatic carbocycles. The summed E-state index contributed by atoms with van der Waals surface area (Å²) in [4.78, 5) is 38.2. The Kier molecular flexibility index (Phi) is 4.77. The Bertz CT molecular complexity index is 690. The number of hydrogen-bond acceptors (Lipinski definition) is 6. The number of rotatable bonds is 5. The standard InChI is InChI=1S/C18H21NO5S/c1-18(2)14(17(22)24-10-11-7-5-4-6-8-11)19-15(21)12(16(19)25-18)9-13(20)23-3/h4-8,12,14,16H,9-10H2,1-3H3/t12-,14+,16-/m1/s1. The predicted molar refractivity (Wildman–Crippen MR) is 92.5 cm³/mol. The minimum absolute atomic E-state index is 0.0470. The summed E-state index contributed by atoms with van der Waals surface area (Å²) in [5.41, 5.74) is 0.898. The molecule has 2 heterocycles. The summed E-state index contributed by atoms with van der Waals surface area (Å²) in [6.07, 6.45) is 0.0470. The summed E-state index contributed by atoms with van der Waals surface area (Å²) in [7, 11) is 1.30. The molecule has 0 saturated carbocycles. The Morgan fingerprint density at radius 1 is 1.24 bits per heavy atom. The van der Waals surface area contributed by atoms with Gasteiger partial charge in [0.2, 0.25) is 5.91 Å². The number of amides is 1. The number of thioether (sulfide) groups is 1. The molecule has 3 atom stereocenters. The van der Waals surface area contributed by atoms with Crippen molar-refractivity contribution in [3.63, 3.8) is 0 Å². The number of benzene rings is 1. The number of hydrogen-bond donors (Lipinski definition) is 0. The highest BCUT2D eigenvalue weighted by molar-refractivity contribution is 8.01. The van der Waals surface area contributed by atoms with Gasteiger partial charge < -0.3 is 14.4 Å². The van der Waals surface area contributed by atoms with Crippen molar-refractivity contribution in [2.75, 3.05) is 7.11 Å². The molecule has 3 rings (SSSR count). The topological polar surface area (TPSA) is 72.9 Å². The summed E-state index contributed by atoms with van der Waals surface area (Å²) in [5, 5.41) is -0.184. The van der Waals surface area contributed by atoms with E-state index in [-0.39, 0.29) is 24.3 Å². The molecular weight excluding hydrogens is 342 g/mol. The van der Waals surface area contributed by atoms with Crippen LogP contribution in [0.25, 0.3) is 0 Å². The largest absolute Gasteiger partial charge is 0.469 e. The molecule has 1 amide bonds. The van der Waals surface area contributed by atoms with Crippen LogP contribution in [0, 0.1) is 5.92 Å². The molecule has 0 spiro atoms. The highest BCUT2D eigenvalue weighted by Crippen LogP contribution is 2.54. The first-order valence-electron chi connectivity index (χ1n) is 8.12. The fourth-order valence-electron chi connectivity index (χ4n) is 3.33. The van der Waals surface area contributed by atoms with Gasteiger partial charge in [-0.05, 0) is 19.4 Å². The highest BCUT2D eigenvalue weighted by Gasteiger charge is 2.64. The van der Waals surface area contributed by atoms with Gasteiger partial charge in [-0.15, -0.1) is 11.8 Å². The van der Waals surface area contributed by atoms with E-state index in [0.29, 0.717) is 0 Å². The maximum absolute atomic E-state index is 12.6. The van der Waals surface area contributed by atoms with Gasteiger partial charge in [0.1, 0.15) is 12.6 Å². The van der Waals surface area contributed by atoms with Crippen molar-refractivity contribution in [2.24, 2.45) is 5.92 Å². The third kappa shape index (κ3) is 3.25. The first-order valence-corrected chi connectivity index (χ1v) is 9.00. The van der Waals surface area contributed by atoms with Crippen LogP contribution in [0.2, 0.25) is 0 Å². The van der Waals surface area contributed by atoms with Crippen LogP contribution in [0.4, 0.5) is 0 Å². The van der Waals surface area contributed by atoms with Crippen molar-refractivity contribution >= 4 is 29.6 Å². The quantitative estimate of drug-likeness (QED) is 0.588. The molecule has 1 aromatic carbocycles. The molecule has 2 aliphatic heterocycles. The van der Waals surface area contributed by atoms with E-state index in [1.54, 1.807) is 4.90 Å². The third-order valence-corrected chi connectivity index (χ3v) is 6.24. The van der Waals surface area contributed by atoms with Crippen LogP contribution in [0.1, 0.15) is 25.8 Å². The van der Waals surface area contributed by atoms with E-state index in [1.165, 1.54) is 18.9 Å². The number of nitrogens with zero attached hydrogens (tertiary/aromatic N) is 1. The normalized spacial score (nSPS) is 26.6. The third-order valence-electron chi connectivity index (χ3n) is 4.61. The van der Waals surface area contributed by atoms with Crippen molar-refractivity contribution in [3.05, 3.63) is 35.9 Å². The number of carbonyl (C=O) groups is 3. The van der Waals surface area contributed by atoms with Gasteiger partial charge >= 0.3 is 11.9 Å². The average molecular weight is 363 g/mol. The summed E-state index contributed by atoms with van der Waals surface area (Å²) in [5.74, 6) is -1.43. The molecule has 0 radical (unpaired) electrons. The van der Waals surface area contributed by atoms with Crippen molar-refractivity contribution in [1.29, 1.82) is 0 Å². The van der Waals surface area contributed by atoms with Crippen molar-refractivity contribution in [1.82, 2.24) is 4.90 Å². The first-order chi connectivity index (χ1) is 11.8. The van der Waals surface area contributed by atoms with Crippen molar-refractivity contribution < 1.29 is 23.9 Å². The molecule has 0 bridgehead atoms. The summed E-state index contributed by atoms with van der Waals surface area (Å²) < 4.78 is 9.63. The van der Waals surface area contributed by atoms with Gasteiger partial charge in [-0.2, -0.15) is 0 Å². The Morgan fingerprint density at radius 2 is 1.92 bits per heavy atom. The smallest absolute Gasteiger partial charge is 0.330 e. The lowest BCUT2D eigenvalue weighted by Crippen LogP contribution is -2.63. The second-order valence-electron chi connectivity index (χ2n) is 6.74. The molecule has 0 unspecified atom stereocenters. The lowest BCUT2D eigenvalue weighted by atomic mass is 9.89. The van der Waals surface area contributed by atoms with Crippen molar-refractivity contribution in [3.8, 4) is 0 Å². The zero-order valence-corrected chi connectivity index (χ0v) is 15.2. The van der Waals surface area contributed by atoms with Gasteiger partial charge in [0, 0.05) is 4.75 Å². The molecule has 2 fully saturated rings. The average Bonchev–Trinajstić information content (AvgIpc) is 2.86. The molecule has 7 heteroatoms. The molecule has 2 saturated heterocycles. The molecular formula is C18H21NO5S. The van der Waals surface area contributed by atoms with Gasteiger partial charge in [0.05, 0.1) is 24.8 Å². The number of ether oxygens (including phenoxy) is 2. The molecule has 134 valence electrons. The van der Waals surface area contributed by atoms with E-state index < -0.39 is 28.6 Å². The second-order valence-corrected chi connectivity index (χ2v) is 8.51. The Labute approximate surface area is 150 Å². The molecule has 0 N–H and O–H groups in total. The van der Waals surface area contributed by atoms with Crippen LogP contribution in [0.3, 0.4) is 0 Å². The Morgan fingerprint density at radius 3 is 2.56 bits per heavy atom. The van der Waals surface area contributed by atoms with Crippen LogP contribution in [0.5, 0.6) is 0 Å². The number of carbonyl (C=O) groups excluding carboxylic acids is 3. The van der Waals surface area contributed by atoms with Crippen LogP contribution < -0.4 is 0 Å². The Hall–Kier alpha value is -2.02. The number of esters is 2. The number of methoxy groups -OCH3 is 1. The Balaban J connectivity index is 1.68. The van der Waals surface area contributed by atoms with Gasteiger partial charge in [0.25, 0.3) is 0 Å². The second kappa shape index (κ2) is 6.71. The van der Waals surface area contributed by atoms with Crippen molar-refractivity contribution in [2.45, 2.75) is 43.0 Å². The fraction of sp³-hybridized carbons (Fsp3) is 0.500. The van der Waals surface area contributed by atoms with Crippen LogP contribution in [-0.4, -0.2) is 46.0 Å². The van der Waals surface area contributed by atoms with Crippen LogP contribution in [0.15, 0.2) is 30.3 Å². The predicted octanol–water partition coefficient (Wildman–Crippen LogP) is 1.97. The van der Waals surface area contributed by atoms with E-state index >= 15 is 0 Å². The lowest BCUT2D eigenvalue weighted by molar-refractivity contribution is -0.169. The molecule has 0 aromatic heterocycles. The van der Waals surface area contributed by atoms with Gasteiger partial charge in [-0.3, -0.25) is 9.59 Å². The molecule has 6 nitrogen and oxygen atoms in total. The summed E-state index contributed by atoms with van der Waals surface area (Å²) in [6.45, 7) is 4.02. The maximum atomic E-state index is 12.6. The number of β-lactam (4-membered cyclic amide) rings is 1. The van der Waals surface area contributed by atoms with Crippen LogP contribution >= 0.6 is 11.8 Å². The maximum Gasteiger partial charge on any atom is 0.330 e. The molecule has 1 aromatic rings. The van der Waals surface area contributed by atoms with Crippen LogP contribution in [-0.2, 0) is 30.5 Å². The van der Waals surface area contributed by atoms with Gasteiger partial charge in [-0.1, -0.05) is 30.3 Å². The zero-order chi connectivity index (χ0) is 18.2. The van der Waals surface area contributed by atoms with E-state index in [0.717, 1.165) is 5.56 Å². The minimum Gasteiger partial charge on any atom is -0.469 e.